The summed E-state index contributed by atoms with van der Waals surface area (Å²) < 4.78 is 25.5. The largest absolute Gasteiger partial charge is 0.465 e. The molecule has 0 radical (unpaired) electrons. The Kier molecular flexibility index (Phi) is 5.90. The third kappa shape index (κ3) is 4.39. The van der Waals surface area contributed by atoms with Crippen LogP contribution in [0.2, 0.25) is 0 Å². The molecular formula is C23H17FN2O4S. The Hall–Kier alpha value is -3.78. The lowest BCUT2D eigenvalue weighted by Crippen LogP contribution is -2.23. The number of esters is 1. The zero-order valence-corrected chi connectivity index (χ0v) is 17.2. The third-order valence-corrected chi connectivity index (χ3v) is 5.72. The molecule has 0 aliphatic heterocycles. The average molecular weight is 436 g/mol. The van der Waals surface area contributed by atoms with Crippen molar-refractivity contribution in [1.82, 2.24) is 10.3 Å². The minimum atomic E-state index is -0.568. The number of benzene rings is 2. The molecule has 4 rings (SSSR count). The number of nitrogens with zero attached hydrogens (tertiary/aromatic N) is 1. The molecule has 0 saturated heterocycles. The van der Waals surface area contributed by atoms with Gasteiger partial charge in [0.2, 0.25) is 0 Å². The maximum Gasteiger partial charge on any atom is 0.348 e. The smallest absolute Gasteiger partial charge is 0.348 e. The van der Waals surface area contributed by atoms with E-state index in [2.05, 4.69) is 10.3 Å². The van der Waals surface area contributed by atoms with Gasteiger partial charge in [-0.1, -0.05) is 6.07 Å². The van der Waals surface area contributed by atoms with Crippen molar-refractivity contribution >= 4 is 33.3 Å². The third-order valence-electron chi connectivity index (χ3n) is 4.55. The number of carbonyl (C=O) groups is 2. The van der Waals surface area contributed by atoms with Gasteiger partial charge in [0.15, 0.2) is 0 Å². The summed E-state index contributed by atoms with van der Waals surface area (Å²) in [5, 5.41) is 3.07. The van der Waals surface area contributed by atoms with Crippen LogP contribution in [0.1, 0.15) is 25.6 Å². The molecule has 8 heteroatoms. The quantitative estimate of drug-likeness (QED) is 0.433. The van der Waals surface area contributed by atoms with Gasteiger partial charge >= 0.3 is 5.97 Å². The number of ether oxygens (including phenoxy) is 2. The SMILES string of the molecule is COC(=O)c1sc2cccc(F)c2c1CNC(=O)c1ccc(Oc2cccnc2)cc1. The number of rotatable bonds is 6. The van der Waals surface area contributed by atoms with Crippen molar-refractivity contribution in [1.29, 1.82) is 0 Å². The molecule has 2 heterocycles. The van der Waals surface area contributed by atoms with Crippen molar-refractivity contribution in [3.63, 3.8) is 0 Å². The van der Waals surface area contributed by atoms with Crippen LogP contribution in [0.15, 0.2) is 67.0 Å². The van der Waals surface area contributed by atoms with E-state index in [0.29, 0.717) is 32.7 Å². The Labute approximate surface area is 181 Å². The van der Waals surface area contributed by atoms with E-state index in [-0.39, 0.29) is 17.3 Å². The molecule has 0 bridgehead atoms. The first kappa shape index (κ1) is 20.5. The fourth-order valence-corrected chi connectivity index (χ4v) is 4.24. The number of thiophene rings is 1. The van der Waals surface area contributed by atoms with Crippen LogP contribution < -0.4 is 10.1 Å². The van der Waals surface area contributed by atoms with Crippen molar-refractivity contribution in [3.05, 3.63) is 88.8 Å². The van der Waals surface area contributed by atoms with E-state index in [4.69, 9.17) is 9.47 Å². The summed E-state index contributed by atoms with van der Waals surface area (Å²) >= 11 is 1.13. The molecule has 0 saturated carbocycles. The highest BCUT2D eigenvalue weighted by Crippen LogP contribution is 2.33. The molecule has 4 aromatic rings. The first-order valence-electron chi connectivity index (χ1n) is 9.31. The van der Waals surface area contributed by atoms with E-state index in [9.17, 15) is 14.0 Å². The van der Waals surface area contributed by atoms with E-state index >= 15 is 0 Å². The lowest BCUT2D eigenvalue weighted by molar-refractivity contribution is 0.0604. The zero-order valence-electron chi connectivity index (χ0n) is 16.4. The van der Waals surface area contributed by atoms with Gasteiger partial charge in [0.1, 0.15) is 22.2 Å². The molecule has 0 unspecified atom stereocenters. The Balaban J connectivity index is 1.51. The molecule has 1 amide bonds. The summed E-state index contributed by atoms with van der Waals surface area (Å²) in [6, 6.07) is 14.7. The van der Waals surface area contributed by atoms with Crippen molar-refractivity contribution in [3.8, 4) is 11.5 Å². The van der Waals surface area contributed by atoms with Gasteiger partial charge in [-0.3, -0.25) is 9.78 Å². The van der Waals surface area contributed by atoms with Crippen LogP contribution in [-0.2, 0) is 11.3 Å². The number of nitrogens with one attached hydrogen (secondary N) is 1. The maximum absolute atomic E-state index is 14.4. The van der Waals surface area contributed by atoms with Gasteiger partial charge in [0.05, 0.1) is 13.3 Å². The number of halogens is 1. The second-order valence-corrected chi connectivity index (χ2v) is 7.56. The highest BCUT2D eigenvalue weighted by atomic mass is 32.1. The summed E-state index contributed by atoms with van der Waals surface area (Å²) in [6.45, 7) is -0.0157. The maximum atomic E-state index is 14.4. The molecule has 156 valence electrons. The van der Waals surface area contributed by atoms with Crippen molar-refractivity contribution in [2.24, 2.45) is 0 Å². The number of hydrogen-bond acceptors (Lipinski definition) is 6. The van der Waals surface area contributed by atoms with Gasteiger partial charge in [-0.05, 0) is 48.5 Å². The van der Waals surface area contributed by atoms with Gasteiger partial charge in [-0.15, -0.1) is 11.3 Å². The molecule has 2 aromatic heterocycles. The number of amides is 1. The Morgan fingerprint density at radius 2 is 1.87 bits per heavy atom. The normalized spacial score (nSPS) is 10.6. The predicted octanol–water partition coefficient (Wildman–Crippen LogP) is 4.94. The van der Waals surface area contributed by atoms with E-state index < -0.39 is 11.8 Å². The Bertz CT molecular complexity index is 1240. The molecule has 0 fully saturated rings. The van der Waals surface area contributed by atoms with E-state index in [1.165, 1.54) is 13.2 Å². The summed E-state index contributed by atoms with van der Waals surface area (Å²) in [5.41, 5.74) is 0.799. The molecule has 2 aromatic carbocycles. The minimum absolute atomic E-state index is 0.0157. The highest BCUT2D eigenvalue weighted by Gasteiger charge is 2.21. The van der Waals surface area contributed by atoms with Crippen LogP contribution in [-0.4, -0.2) is 24.0 Å². The van der Waals surface area contributed by atoms with Crippen LogP contribution in [0, 0.1) is 5.82 Å². The topological polar surface area (TPSA) is 77.5 Å². The van der Waals surface area contributed by atoms with Gasteiger partial charge in [0.25, 0.3) is 5.91 Å². The van der Waals surface area contributed by atoms with Gasteiger partial charge in [0, 0.05) is 34.0 Å². The second kappa shape index (κ2) is 8.93. The van der Waals surface area contributed by atoms with E-state index in [0.717, 1.165) is 11.3 Å². The first-order valence-corrected chi connectivity index (χ1v) is 10.1. The molecule has 31 heavy (non-hydrogen) atoms. The first-order chi connectivity index (χ1) is 15.1. The van der Waals surface area contributed by atoms with E-state index in [1.807, 2.05) is 0 Å². The molecule has 6 nitrogen and oxygen atoms in total. The molecule has 0 spiro atoms. The van der Waals surface area contributed by atoms with Gasteiger partial charge in [-0.25, -0.2) is 9.18 Å². The molecule has 0 aliphatic rings. The number of pyridine rings is 1. The van der Waals surface area contributed by atoms with Gasteiger partial charge in [-0.2, -0.15) is 0 Å². The average Bonchev–Trinajstić information content (AvgIpc) is 3.18. The van der Waals surface area contributed by atoms with Gasteiger partial charge < -0.3 is 14.8 Å². The number of fused-ring (bicyclic) bond motifs is 1. The minimum Gasteiger partial charge on any atom is -0.465 e. The van der Waals surface area contributed by atoms with Crippen LogP contribution >= 0.6 is 11.3 Å². The van der Waals surface area contributed by atoms with Crippen molar-refractivity contribution in [2.75, 3.05) is 7.11 Å². The van der Waals surface area contributed by atoms with Crippen LogP contribution in [0.5, 0.6) is 11.5 Å². The Morgan fingerprint density at radius 3 is 2.58 bits per heavy atom. The fraction of sp³-hybridized carbons (Fsp3) is 0.0870. The highest BCUT2D eigenvalue weighted by molar-refractivity contribution is 7.21. The molecule has 0 aliphatic carbocycles. The Morgan fingerprint density at radius 1 is 1.06 bits per heavy atom. The molecule has 1 N–H and O–H groups in total. The standard InChI is InChI=1S/C23H17FN2O4S/c1-29-23(28)21-17(20-18(24)5-2-6-19(20)31-21)13-26-22(27)14-7-9-15(10-8-14)30-16-4-3-11-25-12-16/h2-12H,13H2,1H3,(H,26,27). The fourth-order valence-electron chi connectivity index (χ4n) is 3.08. The number of hydrogen-bond donors (Lipinski definition) is 1. The van der Waals surface area contributed by atoms with Crippen molar-refractivity contribution < 1.29 is 23.5 Å². The predicted molar refractivity (Wildman–Crippen MR) is 115 cm³/mol. The monoisotopic (exact) mass is 436 g/mol. The summed E-state index contributed by atoms with van der Waals surface area (Å²) in [6.07, 6.45) is 3.23. The number of methoxy groups -OCH3 is 1. The van der Waals surface area contributed by atoms with Crippen LogP contribution in [0.4, 0.5) is 4.39 Å². The lowest BCUT2D eigenvalue weighted by atomic mass is 10.1. The molecular weight excluding hydrogens is 419 g/mol. The summed E-state index contributed by atoms with van der Waals surface area (Å²) in [4.78, 5) is 29.0. The number of aromatic nitrogens is 1. The van der Waals surface area contributed by atoms with Crippen molar-refractivity contribution in [2.45, 2.75) is 6.54 Å². The number of carbonyl (C=O) groups excluding carboxylic acids is 2. The summed E-state index contributed by atoms with van der Waals surface area (Å²) in [5.74, 6) is -0.240. The second-order valence-electron chi connectivity index (χ2n) is 6.51. The summed E-state index contributed by atoms with van der Waals surface area (Å²) in [7, 11) is 1.26. The van der Waals surface area contributed by atoms with Crippen LogP contribution in [0.25, 0.3) is 10.1 Å². The van der Waals surface area contributed by atoms with Crippen LogP contribution in [0.3, 0.4) is 0 Å². The zero-order chi connectivity index (χ0) is 21.8. The lowest BCUT2D eigenvalue weighted by Gasteiger charge is -2.09. The molecule has 0 atom stereocenters. The van der Waals surface area contributed by atoms with E-state index in [1.54, 1.807) is 60.9 Å².